The van der Waals surface area contributed by atoms with E-state index < -0.39 is 36.6 Å². The standard InChI is InChI=1S/C14H23F3N2O3/c1-3-4-5-6-18-12(20)9(2)19-7-10(13(21)22)11(8-19)14(15,16)17/h9-11H,3-8H2,1-2H3,(H,18,20)(H,21,22)/t9?,10-,11-/m1/s1. The van der Waals surface area contributed by atoms with Crippen LogP contribution in [-0.4, -0.2) is 53.7 Å². The van der Waals surface area contributed by atoms with E-state index in [-0.39, 0.29) is 12.5 Å². The summed E-state index contributed by atoms with van der Waals surface area (Å²) in [6, 6.07) is -0.768. The minimum absolute atomic E-state index is 0.261. The molecular formula is C14H23F3N2O3. The molecule has 0 saturated carbocycles. The first-order chi connectivity index (χ1) is 10.2. The van der Waals surface area contributed by atoms with Gasteiger partial charge in [0.15, 0.2) is 0 Å². The monoisotopic (exact) mass is 324 g/mol. The number of likely N-dealkylation sites (tertiary alicyclic amines) is 1. The number of amides is 1. The Morgan fingerprint density at radius 3 is 2.41 bits per heavy atom. The van der Waals surface area contributed by atoms with Crippen molar-refractivity contribution in [1.29, 1.82) is 0 Å². The summed E-state index contributed by atoms with van der Waals surface area (Å²) >= 11 is 0. The Morgan fingerprint density at radius 1 is 1.32 bits per heavy atom. The SMILES string of the molecule is CCCCCNC(=O)C(C)N1C[C@@H](C(F)(F)F)[C@H](C(=O)O)C1. The summed E-state index contributed by atoms with van der Waals surface area (Å²) in [5.74, 6) is -5.28. The van der Waals surface area contributed by atoms with Crippen LogP contribution in [0.2, 0.25) is 0 Å². The van der Waals surface area contributed by atoms with Crippen LogP contribution in [0.25, 0.3) is 0 Å². The third-order valence-electron chi connectivity index (χ3n) is 4.09. The molecule has 0 bridgehead atoms. The van der Waals surface area contributed by atoms with Crippen LogP contribution >= 0.6 is 0 Å². The summed E-state index contributed by atoms with van der Waals surface area (Å²) in [4.78, 5) is 24.3. The van der Waals surface area contributed by atoms with Gasteiger partial charge in [-0.2, -0.15) is 13.2 Å². The lowest BCUT2D eigenvalue weighted by Gasteiger charge is -2.23. The van der Waals surface area contributed by atoms with Gasteiger partial charge in [0.25, 0.3) is 0 Å². The average molecular weight is 324 g/mol. The molecule has 0 spiro atoms. The molecule has 0 aromatic carbocycles. The number of unbranched alkanes of at least 4 members (excludes halogenated alkanes) is 2. The van der Waals surface area contributed by atoms with Crippen molar-refractivity contribution in [1.82, 2.24) is 10.2 Å². The maximum Gasteiger partial charge on any atom is 0.393 e. The normalized spacial score (nSPS) is 24.2. The maximum atomic E-state index is 12.9. The highest BCUT2D eigenvalue weighted by atomic mass is 19.4. The molecule has 5 nitrogen and oxygen atoms in total. The Bertz CT molecular complexity index is 401. The molecule has 1 rings (SSSR count). The number of alkyl halides is 3. The zero-order valence-corrected chi connectivity index (χ0v) is 12.8. The van der Waals surface area contributed by atoms with Crippen LogP contribution in [0.5, 0.6) is 0 Å². The smallest absolute Gasteiger partial charge is 0.393 e. The van der Waals surface area contributed by atoms with E-state index in [1.54, 1.807) is 0 Å². The van der Waals surface area contributed by atoms with Gasteiger partial charge in [-0.05, 0) is 13.3 Å². The molecule has 1 aliphatic rings. The van der Waals surface area contributed by atoms with Gasteiger partial charge >= 0.3 is 12.1 Å². The van der Waals surface area contributed by atoms with Gasteiger partial charge in [-0.25, -0.2) is 0 Å². The van der Waals surface area contributed by atoms with Crippen molar-refractivity contribution in [3.63, 3.8) is 0 Å². The lowest BCUT2D eigenvalue weighted by Crippen LogP contribution is -2.45. The van der Waals surface area contributed by atoms with E-state index in [9.17, 15) is 22.8 Å². The molecule has 128 valence electrons. The summed E-state index contributed by atoms with van der Waals surface area (Å²) in [6.07, 6.45) is -1.78. The molecule has 22 heavy (non-hydrogen) atoms. The van der Waals surface area contributed by atoms with Crippen LogP contribution in [0.3, 0.4) is 0 Å². The lowest BCUT2D eigenvalue weighted by atomic mass is 9.96. The first-order valence-corrected chi connectivity index (χ1v) is 7.49. The Kier molecular flexibility index (Phi) is 6.65. The van der Waals surface area contributed by atoms with E-state index in [0.717, 1.165) is 19.3 Å². The number of aliphatic carboxylic acids is 1. The number of carbonyl (C=O) groups is 2. The van der Waals surface area contributed by atoms with Gasteiger partial charge in [-0.3, -0.25) is 14.5 Å². The van der Waals surface area contributed by atoms with Gasteiger partial charge in [0.1, 0.15) is 0 Å². The summed E-state index contributed by atoms with van der Waals surface area (Å²) in [7, 11) is 0. The minimum atomic E-state index is -4.57. The predicted octanol–water partition coefficient (Wildman–Crippen LogP) is 1.88. The Balaban J connectivity index is 2.61. The Morgan fingerprint density at radius 2 is 1.95 bits per heavy atom. The molecule has 8 heteroatoms. The first kappa shape index (κ1) is 18.7. The zero-order chi connectivity index (χ0) is 16.9. The number of carbonyl (C=O) groups excluding carboxylic acids is 1. The van der Waals surface area contributed by atoms with E-state index in [1.807, 2.05) is 6.92 Å². The van der Waals surface area contributed by atoms with Crippen molar-refractivity contribution < 1.29 is 27.9 Å². The van der Waals surface area contributed by atoms with Crippen LogP contribution in [0, 0.1) is 11.8 Å². The van der Waals surface area contributed by atoms with Crippen LogP contribution in [-0.2, 0) is 9.59 Å². The van der Waals surface area contributed by atoms with Crippen molar-refractivity contribution in [3.8, 4) is 0 Å². The second-order valence-electron chi connectivity index (χ2n) is 5.72. The highest BCUT2D eigenvalue weighted by Crippen LogP contribution is 2.38. The number of hydrogen-bond donors (Lipinski definition) is 2. The Hall–Kier alpha value is -1.31. The molecule has 1 saturated heterocycles. The molecule has 0 aromatic rings. The van der Waals surface area contributed by atoms with Gasteiger partial charge < -0.3 is 10.4 Å². The number of hydrogen-bond acceptors (Lipinski definition) is 3. The van der Waals surface area contributed by atoms with Crippen LogP contribution in [0.4, 0.5) is 13.2 Å². The van der Waals surface area contributed by atoms with E-state index in [4.69, 9.17) is 5.11 Å². The second-order valence-corrected chi connectivity index (χ2v) is 5.72. The summed E-state index contributed by atoms with van der Waals surface area (Å²) < 4.78 is 38.7. The molecule has 1 unspecified atom stereocenters. The van der Waals surface area contributed by atoms with Gasteiger partial charge in [-0.1, -0.05) is 19.8 Å². The zero-order valence-electron chi connectivity index (χ0n) is 12.8. The first-order valence-electron chi connectivity index (χ1n) is 7.49. The van der Waals surface area contributed by atoms with E-state index in [0.29, 0.717) is 6.54 Å². The molecule has 2 N–H and O–H groups in total. The molecule has 0 aliphatic carbocycles. The van der Waals surface area contributed by atoms with E-state index >= 15 is 0 Å². The minimum Gasteiger partial charge on any atom is -0.481 e. The van der Waals surface area contributed by atoms with Crippen LogP contribution in [0.15, 0.2) is 0 Å². The highest BCUT2D eigenvalue weighted by Gasteiger charge is 2.53. The van der Waals surface area contributed by atoms with Gasteiger partial charge in [0, 0.05) is 19.6 Å². The van der Waals surface area contributed by atoms with Crippen molar-refractivity contribution in [2.24, 2.45) is 11.8 Å². The third kappa shape index (κ3) is 4.86. The second kappa shape index (κ2) is 7.80. The fraction of sp³-hybridized carbons (Fsp3) is 0.857. The number of nitrogens with zero attached hydrogens (tertiary/aromatic N) is 1. The summed E-state index contributed by atoms with van der Waals surface area (Å²) in [5, 5.41) is 11.6. The molecule has 1 amide bonds. The fourth-order valence-electron chi connectivity index (χ4n) is 2.63. The molecule has 0 aromatic heterocycles. The van der Waals surface area contributed by atoms with Gasteiger partial charge in [0.05, 0.1) is 17.9 Å². The molecule has 0 radical (unpaired) electrons. The number of halogens is 3. The molecule has 1 heterocycles. The quantitative estimate of drug-likeness (QED) is 0.702. The van der Waals surface area contributed by atoms with Crippen molar-refractivity contribution >= 4 is 11.9 Å². The lowest BCUT2D eigenvalue weighted by molar-refractivity contribution is -0.188. The predicted molar refractivity (Wildman–Crippen MR) is 74.2 cm³/mol. The number of nitrogens with one attached hydrogen (secondary N) is 1. The van der Waals surface area contributed by atoms with Crippen molar-refractivity contribution in [2.75, 3.05) is 19.6 Å². The largest absolute Gasteiger partial charge is 0.481 e. The Labute approximate surface area is 127 Å². The maximum absolute atomic E-state index is 12.9. The van der Waals surface area contributed by atoms with Crippen molar-refractivity contribution in [2.45, 2.75) is 45.3 Å². The number of carboxylic acid groups (broad SMARTS) is 1. The average Bonchev–Trinajstić information content (AvgIpc) is 2.88. The highest BCUT2D eigenvalue weighted by molar-refractivity contribution is 5.81. The van der Waals surface area contributed by atoms with Crippen LogP contribution in [0.1, 0.15) is 33.1 Å². The van der Waals surface area contributed by atoms with Gasteiger partial charge in [-0.15, -0.1) is 0 Å². The third-order valence-corrected chi connectivity index (χ3v) is 4.09. The van der Waals surface area contributed by atoms with E-state index in [1.165, 1.54) is 11.8 Å². The van der Waals surface area contributed by atoms with Crippen molar-refractivity contribution in [3.05, 3.63) is 0 Å². The van der Waals surface area contributed by atoms with E-state index in [2.05, 4.69) is 5.32 Å². The topological polar surface area (TPSA) is 69.6 Å². The molecule has 1 fully saturated rings. The number of rotatable bonds is 7. The summed E-state index contributed by atoms with van der Waals surface area (Å²) in [6.45, 7) is 3.30. The number of carboxylic acids is 1. The molecule has 1 aliphatic heterocycles. The molecular weight excluding hydrogens is 301 g/mol. The molecule has 3 atom stereocenters. The fourth-order valence-corrected chi connectivity index (χ4v) is 2.63. The van der Waals surface area contributed by atoms with Crippen LogP contribution < -0.4 is 5.32 Å². The summed E-state index contributed by atoms with van der Waals surface area (Å²) in [5.41, 5.74) is 0. The van der Waals surface area contributed by atoms with Gasteiger partial charge in [0.2, 0.25) is 5.91 Å².